The highest BCUT2D eigenvalue weighted by molar-refractivity contribution is 7.13. The van der Waals surface area contributed by atoms with Gasteiger partial charge in [0.2, 0.25) is 0 Å². The van der Waals surface area contributed by atoms with E-state index >= 15 is 0 Å². The monoisotopic (exact) mass is 197 g/mol. The number of rotatable bonds is 6. The molecule has 1 aromatic heterocycles. The maximum absolute atomic E-state index is 4.22. The minimum atomic E-state index is 1.06. The molecule has 1 radical (unpaired) electrons. The number of hydrogen-bond donors (Lipinski definition) is 1. The van der Waals surface area contributed by atoms with Gasteiger partial charge in [-0.15, -0.1) is 0 Å². The first-order chi connectivity index (χ1) is 6.38. The molecule has 13 heavy (non-hydrogen) atoms. The van der Waals surface area contributed by atoms with Gasteiger partial charge in [0.1, 0.15) is 5.00 Å². The average Bonchev–Trinajstić information content (AvgIpc) is 2.54. The molecule has 0 fully saturated rings. The quantitative estimate of drug-likeness (QED) is 0.709. The minimum Gasteiger partial charge on any atom is -0.375 e. The molecule has 0 amide bonds. The first-order valence-corrected chi connectivity index (χ1v) is 5.79. The van der Waals surface area contributed by atoms with Crippen LogP contribution in [-0.2, 0) is 6.42 Å². The van der Waals surface area contributed by atoms with Gasteiger partial charge >= 0.3 is 0 Å². The number of nitrogens with zero attached hydrogens (tertiary/aromatic N) is 1. The third-order valence-corrected chi connectivity index (χ3v) is 2.66. The van der Waals surface area contributed by atoms with Crippen molar-refractivity contribution in [1.29, 1.82) is 0 Å². The Morgan fingerprint density at radius 3 is 2.92 bits per heavy atom. The maximum atomic E-state index is 4.22. The Kier molecular flexibility index (Phi) is 4.83. The summed E-state index contributed by atoms with van der Waals surface area (Å²) in [5.74, 6) is 0. The van der Waals surface area contributed by atoms with Crippen LogP contribution < -0.4 is 5.32 Å². The lowest BCUT2D eigenvalue weighted by Gasteiger charge is -2.03. The van der Waals surface area contributed by atoms with Crippen molar-refractivity contribution >= 4 is 16.3 Å². The topological polar surface area (TPSA) is 24.9 Å². The lowest BCUT2D eigenvalue weighted by Crippen LogP contribution is -2.01. The largest absolute Gasteiger partial charge is 0.375 e. The van der Waals surface area contributed by atoms with Crippen LogP contribution in [0.2, 0.25) is 0 Å². The highest BCUT2D eigenvalue weighted by Gasteiger charge is 2.03. The predicted molar refractivity (Wildman–Crippen MR) is 58.3 cm³/mol. The summed E-state index contributed by atoms with van der Waals surface area (Å²) in [5.41, 5.74) is 4.12. The summed E-state index contributed by atoms with van der Waals surface area (Å²) in [7, 11) is 0. The number of anilines is 1. The molecule has 1 heterocycles. The minimum absolute atomic E-state index is 1.06. The molecular weight excluding hydrogens is 180 g/mol. The number of nitrogens with one attached hydrogen (secondary N) is 1. The van der Waals surface area contributed by atoms with Gasteiger partial charge < -0.3 is 5.32 Å². The van der Waals surface area contributed by atoms with E-state index < -0.39 is 0 Å². The van der Waals surface area contributed by atoms with E-state index in [0.29, 0.717) is 0 Å². The van der Waals surface area contributed by atoms with Crippen LogP contribution >= 0.6 is 11.3 Å². The summed E-state index contributed by atoms with van der Waals surface area (Å²) < 4.78 is 0. The Labute approximate surface area is 84.4 Å². The van der Waals surface area contributed by atoms with Crippen LogP contribution in [-0.4, -0.2) is 11.5 Å². The van der Waals surface area contributed by atoms with E-state index in [1.165, 1.54) is 23.5 Å². The van der Waals surface area contributed by atoms with Crippen molar-refractivity contribution in [2.75, 3.05) is 11.9 Å². The normalized spacial score (nSPS) is 10.3. The van der Waals surface area contributed by atoms with Crippen molar-refractivity contribution in [3.05, 3.63) is 11.2 Å². The molecule has 0 aliphatic rings. The first-order valence-electron chi connectivity index (χ1n) is 4.98. The Hall–Kier alpha value is -0.570. The third-order valence-electron chi connectivity index (χ3n) is 1.89. The zero-order chi connectivity index (χ0) is 9.52. The van der Waals surface area contributed by atoms with Gasteiger partial charge in [-0.25, -0.2) is 4.98 Å². The van der Waals surface area contributed by atoms with E-state index in [4.69, 9.17) is 0 Å². The molecule has 0 aliphatic heterocycles. The molecule has 1 aromatic rings. The summed E-state index contributed by atoms with van der Waals surface area (Å²) >= 11 is 1.59. The molecule has 0 aromatic carbocycles. The molecule has 0 bridgehead atoms. The van der Waals surface area contributed by atoms with Gasteiger partial charge in [-0.2, -0.15) is 0 Å². The van der Waals surface area contributed by atoms with Crippen molar-refractivity contribution < 1.29 is 0 Å². The molecule has 3 heteroatoms. The van der Waals surface area contributed by atoms with Crippen LogP contribution in [0.15, 0.2) is 0 Å². The molecule has 1 rings (SSSR count). The van der Waals surface area contributed by atoms with E-state index in [2.05, 4.69) is 29.7 Å². The van der Waals surface area contributed by atoms with Gasteiger partial charge in [0.15, 0.2) is 5.51 Å². The van der Waals surface area contributed by atoms with Gasteiger partial charge in [0.05, 0.1) is 5.69 Å². The number of thiazole rings is 1. The third kappa shape index (κ3) is 3.35. The smallest absolute Gasteiger partial charge is 0.154 e. The van der Waals surface area contributed by atoms with Crippen molar-refractivity contribution in [3.63, 3.8) is 0 Å². The van der Waals surface area contributed by atoms with Crippen LogP contribution in [0.3, 0.4) is 0 Å². The Morgan fingerprint density at radius 1 is 1.38 bits per heavy atom. The molecule has 1 N–H and O–H groups in total. The molecule has 0 saturated heterocycles. The second-order valence-corrected chi connectivity index (χ2v) is 3.91. The molecule has 0 spiro atoms. The number of aromatic nitrogens is 1. The Balaban J connectivity index is 2.40. The highest BCUT2D eigenvalue weighted by atomic mass is 32.1. The van der Waals surface area contributed by atoms with Crippen molar-refractivity contribution in [1.82, 2.24) is 4.98 Å². The summed E-state index contributed by atoms with van der Waals surface area (Å²) in [4.78, 5) is 4.22. The van der Waals surface area contributed by atoms with E-state index in [1.54, 1.807) is 11.3 Å². The molecule has 0 aliphatic carbocycles. The maximum Gasteiger partial charge on any atom is 0.154 e. The van der Waals surface area contributed by atoms with Gasteiger partial charge in [-0.1, -0.05) is 38.0 Å². The fourth-order valence-corrected chi connectivity index (χ4v) is 1.84. The average molecular weight is 197 g/mol. The summed E-state index contributed by atoms with van der Waals surface area (Å²) in [6, 6.07) is 0. The molecule has 0 saturated carbocycles. The second kappa shape index (κ2) is 5.97. The van der Waals surface area contributed by atoms with Gasteiger partial charge in [0, 0.05) is 6.54 Å². The van der Waals surface area contributed by atoms with Crippen molar-refractivity contribution in [2.24, 2.45) is 0 Å². The van der Waals surface area contributed by atoms with Crippen LogP contribution in [0.5, 0.6) is 0 Å². The highest BCUT2D eigenvalue weighted by Crippen LogP contribution is 2.20. The van der Waals surface area contributed by atoms with Gasteiger partial charge in [-0.05, 0) is 12.8 Å². The summed E-state index contributed by atoms with van der Waals surface area (Å²) in [6.45, 7) is 5.44. The number of aryl methyl sites for hydroxylation is 1. The van der Waals surface area contributed by atoms with E-state index in [9.17, 15) is 0 Å². The van der Waals surface area contributed by atoms with Crippen LogP contribution in [0.4, 0.5) is 5.00 Å². The second-order valence-electron chi connectivity index (χ2n) is 3.11. The van der Waals surface area contributed by atoms with E-state index in [-0.39, 0.29) is 0 Å². The van der Waals surface area contributed by atoms with Crippen LogP contribution in [0.25, 0.3) is 0 Å². The zero-order valence-electron chi connectivity index (χ0n) is 8.39. The van der Waals surface area contributed by atoms with Crippen molar-refractivity contribution in [2.45, 2.75) is 39.5 Å². The molecule has 0 atom stereocenters. The predicted octanol–water partition coefficient (Wildman–Crippen LogP) is 3.11. The van der Waals surface area contributed by atoms with E-state index in [1.807, 2.05) is 0 Å². The molecule has 0 unspecified atom stereocenters. The van der Waals surface area contributed by atoms with Gasteiger partial charge in [-0.3, -0.25) is 0 Å². The summed E-state index contributed by atoms with van der Waals surface area (Å²) in [5, 5.41) is 4.62. The van der Waals surface area contributed by atoms with Gasteiger partial charge in [0.25, 0.3) is 0 Å². The fourth-order valence-electron chi connectivity index (χ4n) is 1.16. The molecular formula is C10H17N2S. The standard InChI is InChI=1S/C10H17N2S/c1-3-5-7-11-10-9(6-4-2)12-8-13-10/h11H,3-7H2,1-2H3. The lowest BCUT2D eigenvalue weighted by atomic mass is 10.2. The van der Waals surface area contributed by atoms with Crippen LogP contribution in [0.1, 0.15) is 38.8 Å². The molecule has 73 valence electrons. The Bertz CT molecular complexity index is 233. The SMILES string of the molecule is CCCCNc1s[c]nc1CCC. The van der Waals surface area contributed by atoms with E-state index in [0.717, 1.165) is 19.4 Å². The summed E-state index contributed by atoms with van der Waals surface area (Å²) in [6.07, 6.45) is 4.68. The number of hydrogen-bond acceptors (Lipinski definition) is 3. The van der Waals surface area contributed by atoms with Crippen molar-refractivity contribution in [3.8, 4) is 0 Å². The van der Waals surface area contributed by atoms with Crippen LogP contribution in [0, 0.1) is 5.51 Å². The molecule has 2 nitrogen and oxygen atoms in total. The first kappa shape index (κ1) is 10.5. The fraction of sp³-hybridized carbons (Fsp3) is 0.700. The zero-order valence-corrected chi connectivity index (χ0v) is 9.21. The lowest BCUT2D eigenvalue weighted by molar-refractivity contribution is 0.830. The number of unbranched alkanes of at least 4 members (excludes halogenated alkanes) is 1. The Morgan fingerprint density at radius 2 is 2.23 bits per heavy atom.